The molecule has 0 N–H and O–H groups in total. The summed E-state index contributed by atoms with van der Waals surface area (Å²) in [5.41, 5.74) is 21.3. The first kappa shape index (κ1) is 40.6. The highest BCUT2D eigenvalue weighted by atomic mass is 15.0. The molecular weight excluding hydrogens is 867 g/mol. The molecule has 0 aliphatic heterocycles. The zero-order valence-corrected chi connectivity index (χ0v) is 39.5. The van der Waals surface area contributed by atoms with E-state index in [-0.39, 0.29) is 0 Å². The summed E-state index contributed by atoms with van der Waals surface area (Å²) >= 11 is 0. The summed E-state index contributed by atoms with van der Waals surface area (Å²) < 4.78 is 2.49. The predicted molar refractivity (Wildman–Crippen MR) is 306 cm³/mol. The standard InChI is InChI=1S/C71H45N/c1-4-16-58-47(11-1)14-9-21-60(58)49-27-23-45(24-28-49)51-32-37-70-68(42-51)69-43-52(46-25-29-50(30-26-46)61-22-10-15-48-12-2-5-17-59(48)61)33-38-71(69)72(70)57-34-36-64-56(41-57)40-55-39-54(31-35-63(55)64)67-44-53-13-3-6-18-62(53)65-19-7-8-20-66(65)67/h1-39,41-44H,40H2. The van der Waals surface area contributed by atoms with Crippen molar-refractivity contribution in [2.75, 3.05) is 0 Å². The summed E-state index contributed by atoms with van der Waals surface area (Å²) in [5.74, 6) is 0. The van der Waals surface area contributed by atoms with Crippen LogP contribution in [0.25, 0.3) is 137 Å². The van der Waals surface area contributed by atoms with Crippen LogP contribution in [0, 0.1) is 0 Å². The van der Waals surface area contributed by atoms with E-state index in [1.807, 2.05) is 0 Å². The minimum Gasteiger partial charge on any atom is -0.309 e. The van der Waals surface area contributed by atoms with Gasteiger partial charge in [0.25, 0.3) is 0 Å². The largest absolute Gasteiger partial charge is 0.309 e. The van der Waals surface area contributed by atoms with Gasteiger partial charge in [0.05, 0.1) is 11.0 Å². The Morgan fingerprint density at radius 1 is 0.222 bits per heavy atom. The Morgan fingerprint density at radius 2 is 0.667 bits per heavy atom. The third kappa shape index (κ3) is 6.48. The number of benzene rings is 13. The molecule has 15 rings (SSSR count). The van der Waals surface area contributed by atoms with E-state index in [1.54, 1.807) is 0 Å². The smallest absolute Gasteiger partial charge is 0.0541 e. The monoisotopic (exact) mass is 911 g/mol. The van der Waals surface area contributed by atoms with Crippen LogP contribution < -0.4 is 0 Å². The van der Waals surface area contributed by atoms with Gasteiger partial charge in [-0.25, -0.2) is 0 Å². The van der Waals surface area contributed by atoms with Crippen LogP contribution in [0.4, 0.5) is 0 Å². The molecular formula is C71H45N. The van der Waals surface area contributed by atoms with E-state index < -0.39 is 0 Å². The Kier molecular flexibility index (Phi) is 9.09. The predicted octanol–water partition coefficient (Wildman–Crippen LogP) is 19.3. The van der Waals surface area contributed by atoms with E-state index in [0.717, 1.165) is 6.42 Å². The van der Waals surface area contributed by atoms with Gasteiger partial charge in [-0.15, -0.1) is 0 Å². The van der Waals surface area contributed by atoms with E-state index in [2.05, 4.69) is 265 Å². The van der Waals surface area contributed by atoms with Crippen LogP contribution in [0.2, 0.25) is 0 Å². The Labute approximate surface area is 418 Å². The van der Waals surface area contributed by atoms with Crippen molar-refractivity contribution in [2.45, 2.75) is 6.42 Å². The lowest BCUT2D eigenvalue weighted by Crippen LogP contribution is -1.95. The van der Waals surface area contributed by atoms with Crippen LogP contribution in [-0.2, 0) is 6.42 Å². The van der Waals surface area contributed by atoms with Crippen LogP contribution in [0.5, 0.6) is 0 Å². The highest BCUT2D eigenvalue weighted by molar-refractivity contribution is 6.14. The van der Waals surface area contributed by atoms with Crippen molar-refractivity contribution in [1.29, 1.82) is 0 Å². The summed E-state index contributed by atoms with van der Waals surface area (Å²) in [6.07, 6.45) is 0.896. The molecule has 1 aromatic heterocycles. The van der Waals surface area contributed by atoms with Gasteiger partial charge in [0, 0.05) is 16.5 Å². The minimum atomic E-state index is 0.896. The molecule has 1 heteroatoms. The summed E-state index contributed by atoms with van der Waals surface area (Å²) in [6.45, 7) is 0. The number of hydrogen-bond donors (Lipinski definition) is 0. The Balaban J connectivity index is 0.831. The quantitative estimate of drug-likeness (QED) is 0.147. The van der Waals surface area contributed by atoms with E-state index >= 15 is 0 Å². The van der Waals surface area contributed by atoms with Crippen molar-refractivity contribution < 1.29 is 0 Å². The molecule has 13 aromatic carbocycles. The molecule has 14 aromatic rings. The molecule has 334 valence electrons. The molecule has 0 atom stereocenters. The number of rotatable bonds is 6. The fraction of sp³-hybridized carbons (Fsp3) is 0.0141. The lowest BCUT2D eigenvalue weighted by atomic mass is 9.92. The van der Waals surface area contributed by atoms with Gasteiger partial charge in [-0.3, -0.25) is 0 Å². The van der Waals surface area contributed by atoms with Crippen LogP contribution in [0.1, 0.15) is 11.1 Å². The zero-order valence-electron chi connectivity index (χ0n) is 39.5. The average Bonchev–Trinajstić information content (AvgIpc) is 3.98. The maximum Gasteiger partial charge on any atom is 0.0541 e. The molecule has 1 heterocycles. The summed E-state index contributed by atoms with van der Waals surface area (Å²) in [7, 11) is 0. The Bertz CT molecular complexity index is 4320. The van der Waals surface area contributed by atoms with E-state index in [1.165, 1.54) is 148 Å². The minimum absolute atomic E-state index is 0.896. The number of fused-ring (bicyclic) bond motifs is 11. The molecule has 0 radical (unpaired) electrons. The highest BCUT2D eigenvalue weighted by Crippen LogP contribution is 2.44. The molecule has 1 aliphatic rings. The van der Waals surface area contributed by atoms with Crippen molar-refractivity contribution in [2.24, 2.45) is 0 Å². The molecule has 0 fully saturated rings. The topological polar surface area (TPSA) is 4.93 Å². The maximum atomic E-state index is 2.49. The third-order valence-electron chi connectivity index (χ3n) is 15.6. The van der Waals surface area contributed by atoms with Gasteiger partial charge in [0.1, 0.15) is 0 Å². The normalized spacial score (nSPS) is 12.1. The van der Waals surface area contributed by atoms with Crippen LogP contribution in [0.15, 0.2) is 261 Å². The van der Waals surface area contributed by atoms with Crippen LogP contribution in [0.3, 0.4) is 0 Å². The van der Waals surface area contributed by atoms with Crippen molar-refractivity contribution in [3.05, 3.63) is 272 Å². The molecule has 0 unspecified atom stereocenters. The molecule has 0 saturated heterocycles. The summed E-state index contributed by atoms with van der Waals surface area (Å²) in [5, 5.41) is 12.7. The Hall–Kier alpha value is -9.30. The summed E-state index contributed by atoms with van der Waals surface area (Å²) in [6, 6.07) is 97.1. The van der Waals surface area contributed by atoms with Gasteiger partial charge in [0.15, 0.2) is 0 Å². The van der Waals surface area contributed by atoms with Gasteiger partial charge in [-0.05, 0) is 170 Å². The molecule has 0 bridgehead atoms. The fourth-order valence-corrected chi connectivity index (χ4v) is 12.1. The van der Waals surface area contributed by atoms with E-state index in [0.29, 0.717) is 0 Å². The van der Waals surface area contributed by atoms with Gasteiger partial charge in [-0.2, -0.15) is 0 Å². The average molecular weight is 912 g/mol. The number of nitrogens with zero attached hydrogens (tertiary/aromatic N) is 1. The zero-order chi connectivity index (χ0) is 47.3. The van der Waals surface area contributed by atoms with E-state index in [4.69, 9.17) is 0 Å². The van der Waals surface area contributed by atoms with Crippen LogP contribution >= 0.6 is 0 Å². The first-order valence-corrected chi connectivity index (χ1v) is 25.1. The SMILES string of the molecule is c1ccc2c(-c3ccc(-c4ccc5c(c4)c4cc(-c6ccc(-c7cccc8ccccc78)cc6)ccc4n5-c4ccc5c(c4)Cc4cc(-c6cc7ccccc7c7ccccc67)ccc4-5)cc3)cccc2c1. The van der Waals surface area contributed by atoms with Crippen molar-refractivity contribution >= 4 is 64.9 Å². The molecule has 1 aliphatic carbocycles. The number of hydrogen-bond acceptors (Lipinski definition) is 0. The lowest BCUT2D eigenvalue weighted by Gasteiger charge is -2.12. The van der Waals surface area contributed by atoms with Crippen molar-refractivity contribution in [1.82, 2.24) is 4.57 Å². The second-order valence-corrected chi connectivity index (χ2v) is 19.6. The highest BCUT2D eigenvalue weighted by Gasteiger charge is 2.23. The first-order chi connectivity index (χ1) is 35.7. The van der Waals surface area contributed by atoms with E-state index in [9.17, 15) is 0 Å². The second-order valence-electron chi connectivity index (χ2n) is 19.6. The van der Waals surface area contributed by atoms with Crippen LogP contribution in [-0.4, -0.2) is 4.57 Å². The molecule has 0 amide bonds. The van der Waals surface area contributed by atoms with Gasteiger partial charge < -0.3 is 4.57 Å². The third-order valence-corrected chi connectivity index (χ3v) is 15.6. The van der Waals surface area contributed by atoms with Gasteiger partial charge in [0.2, 0.25) is 0 Å². The van der Waals surface area contributed by atoms with Gasteiger partial charge >= 0.3 is 0 Å². The maximum absolute atomic E-state index is 2.49. The van der Waals surface area contributed by atoms with Crippen molar-refractivity contribution in [3.63, 3.8) is 0 Å². The van der Waals surface area contributed by atoms with Crippen molar-refractivity contribution in [3.8, 4) is 72.4 Å². The fourth-order valence-electron chi connectivity index (χ4n) is 12.1. The summed E-state index contributed by atoms with van der Waals surface area (Å²) in [4.78, 5) is 0. The molecule has 0 saturated carbocycles. The van der Waals surface area contributed by atoms with Gasteiger partial charge in [-0.1, -0.05) is 218 Å². The molecule has 72 heavy (non-hydrogen) atoms. The number of aromatic nitrogens is 1. The molecule has 0 spiro atoms. The Morgan fingerprint density at radius 3 is 1.26 bits per heavy atom. The molecule has 1 nitrogen and oxygen atoms in total. The second kappa shape index (κ2) is 16.1. The lowest BCUT2D eigenvalue weighted by molar-refractivity contribution is 1.16. The first-order valence-electron chi connectivity index (χ1n) is 25.1.